The van der Waals surface area contributed by atoms with E-state index in [0.29, 0.717) is 29.3 Å². The number of hydrogen-bond acceptors (Lipinski definition) is 3. The molecule has 29 heavy (non-hydrogen) atoms. The highest BCUT2D eigenvalue weighted by atomic mass is 32.2. The molecule has 0 aromatic carbocycles. The predicted octanol–water partition coefficient (Wildman–Crippen LogP) is 5.33. The van der Waals surface area contributed by atoms with Crippen molar-refractivity contribution >= 4 is 17.5 Å². The SMILES string of the molecule is CSCC(=O)[C@H]1CC[C@H]2[C@@H]3CC[C@H]4C[C@](O)(C#CC5CC5)CC[C@@H]4[C@H]3CC[C@]12C. The molecular weight excluding hydrogens is 376 g/mol. The van der Waals surface area contributed by atoms with E-state index in [1.807, 2.05) is 0 Å². The second-order valence-corrected chi connectivity index (χ2v) is 12.2. The van der Waals surface area contributed by atoms with Crippen molar-refractivity contribution in [1.82, 2.24) is 0 Å². The average molecular weight is 415 g/mol. The van der Waals surface area contributed by atoms with Crippen molar-refractivity contribution in [3.05, 3.63) is 0 Å². The first-order chi connectivity index (χ1) is 13.9. The molecule has 5 saturated carbocycles. The highest BCUT2D eigenvalue weighted by Crippen LogP contribution is 2.64. The summed E-state index contributed by atoms with van der Waals surface area (Å²) in [5, 5.41) is 11.1. The Hall–Kier alpha value is -0.460. The van der Waals surface area contributed by atoms with E-state index in [4.69, 9.17) is 0 Å². The predicted molar refractivity (Wildman–Crippen MR) is 119 cm³/mol. The molecule has 0 heterocycles. The molecule has 0 saturated heterocycles. The normalized spacial score (nSPS) is 48.7. The maximum atomic E-state index is 12.8. The second kappa shape index (κ2) is 7.59. The van der Waals surface area contributed by atoms with Crippen molar-refractivity contribution in [2.24, 2.45) is 46.8 Å². The van der Waals surface area contributed by atoms with Crippen LogP contribution < -0.4 is 0 Å². The third-order valence-corrected chi connectivity index (χ3v) is 10.3. The molecule has 0 bridgehead atoms. The van der Waals surface area contributed by atoms with Gasteiger partial charge >= 0.3 is 0 Å². The minimum absolute atomic E-state index is 0.256. The average Bonchev–Trinajstić information content (AvgIpc) is 3.46. The number of fused-ring (bicyclic) bond motifs is 5. The molecule has 5 rings (SSSR count). The van der Waals surface area contributed by atoms with Crippen molar-refractivity contribution in [2.45, 2.75) is 83.2 Å². The van der Waals surface area contributed by atoms with Crippen LogP contribution in [0.1, 0.15) is 77.6 Å². The molecule has 160 valence electrons. The monoisotopic (exact) mass is 414 g/mol. The molecule has 0 radical (unpaired) electrons. The zero-order chi connectivity index (χ0) is 20.2. The molecule has 0 aliphatic heterocycles. The number of hydrogen-bond donors (Lipinski definition) is 1. The van der Waals surface area contributed by atoms with Gasteiger partial charge in [-0.15, -0.1) is 0 Å². The first kappa shape index (κ1) is 20.4. The van der Waals surface area contributed by atoms with Crippen LogP contribution in [-0.4, -0.2) is 28.5 Å². The first-order valence-corrected chi connectivity index (χ1v) is 13.6. The lowest BCUT2D eigenvalue weighted by atomic mass is 9.49. The number of rotatable bonds is 3. The Morgan fingerprint density at radius 3 is 2.55 bits per heavy atom. The fourth-order valence-electron chi connectivity index (χ4n) is 8.23. The zero-order valence-electron chi connectivity index (χ0n) is 18.3. The minimum Gasteiger partial charge on any atom is -0.378 e. The number of carbonyl (C=O) groups excluding carboxylic acids is 1. The zero-order valence-corrected chi connectivity index (χ0v) is 19.1. The van der Waals surface area contributed by atoms with E-state index in [0.717, 1.165) is 42.9 Å². The summed E-state index contributed by atoms with van der Waals surface area (Å²) in [4.78, 5) is 12.8. The summed E-state index contributed by atoms with van der Waals surface area (Å²) in [5.74, 6) is 12.6. The van der Waals surface area contributed by atoms with Gasteiger partial charge in [-0.2, -0.15) is 11.8 Å². The summed E-state index contributed by atoms with van der Waals surface area (Å²) in [7, 11) is 0. The van der Waals surface area contributed by atoms with Gasteiger partial charge in [0.1, 0.15) is 11.4 Å². The van der Waals surface area contributed by atoms with Gasteiger partial charge in [-0.05, 0) is 112 Å². The van der Waals surface area contributed by atoms with Gasteiger partial charge in [0, 0.05) is 11.8 Å². The van der Waals surface area contributed by atoms with E-state index < -0.39 is 5.60 Å². The molecule has 5 aliphatic rings. The third-order valence-electron chi connectivity index (χ3n) is 9.77. The Morgan fingerprint density at radius 2 is 1.79 bits per heavy atom. The van der Waals surface area contributed by atoms with Crippen LogP contribution in [-0.2, 0) is 4.79 Å². The van der Waals surface area contributed by atoms with Gasteiger partial charge in [-0.3, -0.25) is 4.79 Å². The van der Waals surface area contributed by atoms with E-state index in [-0.39, 0.29) is 5.41 Å². The summed E-state index contributed by atoms with van der Waals surface area (Å²) in [5.41, 5.74) is -0.450. The summed E-state index contributed by atoms with van der Waals surface area (Å²) >= 11 is 1.70. The van der Waals surface area contributed by atoms with Gasteiger partial charge < -0.3 is 5.11 Å². The van der Waals surface area contributed by atoms with Crippen LogP contribution in [0.5, 0.6) is 0 Å². The molecule has 2 nitrogen and oxygen atoms in total. The molecule has 3 heteroatoms. The van der Waals surface area contributed by atoms with Gasteiger partial charge in [0.2, 0.25) is 0 Å². The smallest absolute Gasteiger partial charge is 0.146 e. The largest absolute Gasteiger partial charge is 0.378 e. The maximum absolute atomic E-state index is 12.8. The number of thioether (sulfide) groups is 1. The first-order valence-electron chi connectivity index (χ1n) is 12.2. The van der Waals surface area contributed by atoms with E-state index in [2.05, 4.69) is 25.0 Å². The van der Waals surface area contributed by atoms with Crippen LogP contribution in [0.4, 0.5) is 0 Å². The van der Waals surface area contributed by atoms with Crippen molar-refractivity contribution in [3.63, 3.8) is 0 Å². The summed E-state index contributed by atoms with van der Waals surface area (Å²) < 4.78 is 0. The van der Waals surface area contributed by atoms with Gasteiger partial charge in [-0.25, -0.2) is 0 Å². The summed E-state index contributed by atoms with van der Waals surface area (Å²) in [6, 6.07) is 0. The number of ketones is 1. The molecule has 5 aliphatic carbocycles. The number of carbonyl (C=O) groups is 1. The van der Waals surface area contributed by atoms with Crippen LogP contribution in [0.2, 0.25) is 0 Å². The third kappa shape index (κ3) is 3.61. The molecule has 0 unspecified atom stereocenters. The Balaban J connectivity index is 1.29. The Bertz CT molecular complexity index is 718. The van der Waals surface area contributed by atoms with Crippen LogP contribution in [0.25, 0.3) is 0 Å². The van der Waals surface area contributed by atoms with Gasteiger partial charge in [0.25, 0.3) is 0 Å². The van der Waals surface area contributed by atoms with E-state index in [9.17, 15) is 9.90 Å². The fourth-order valence-corrected chi connectivity index (χ4v) is 8.71. The molecule has 0 aromatic rings. The van der Waals surface area contributed by atoms with E-state index >= 15 is 0 Å². The molecule has 5 fully saturated rings. The molecule has 8 atom stereocenters. The van der Waals surface area contributed by atoms with Gasteiger partial charge in [-0.1, -0.05) is 18.8 Å². The molecule has 0 spiro atoms. The van der Waals surface area contributed by atoms with Crippen molar-refractivity contribution < 1.29 is 9.90 Å². The fraction of sp³-hybridized carbons (Fsp3) is 0.885. The topological polar surface area (TPSA) is 37.3 Å². The lowest BCUT2D eigenvalue weighted by molar-refractivity contribution is -0.129. The standard InChI is InChI=1S/C26H38O2S/c1-25-12-10-20-19-11-14-26(28,13-9-17-3-4-17)15-18(19)5-6-21(20)22(25)7-8-23(25)24(27)16-29-2/h17-23,28H,3-8,10-12,14-16H2,1-2H3/t18-,19-,20+,21+,22-,23+,25-,26-/m0/s1. The lowest BCUT2D eigenvalue weighted by Gasteiger charge is -2.56. The van der Waals surface area contributed by atoms with Crippen molar-refractivity contribution in [1.29, 1.82) is 0 Å². The van der Waals surface area contributed by atoms with Crippen LogP contribution >= 0.6 is 11.8 Å². The molecule has 0 aromatic heterocycles. The van der Waals surface area contributed by atoms with Crippen LogP contribution in [0, 0.1) is 58.7 Å². The molecule has 0 amide bonds. The Kier molecular flexibility index (Phi) is 5.35. The van der Waals surface area contributed by atoms with E-state index in [1.54, 1.807) is 11.8 Å². The summed E-state index contributed by atoms with van der Waals surface area (Å²) in [6.07, 6.45) is 15.1. The van der Waals surface area contributed by atoms with Crippen LogP contribution in [0.3, 0.4) is 0 Å². The number of Topliss-reactive ketones (excluding diaryl/α,β-unsaturated/α-hetero) is 1. The Labute approximate surface area is 181 Å². The van der Waals surface area contributed by atoms with Gasteiger partial charge in [0.05, 0.1) is 5.75 Å². The van der Waals surface area contributed by atoms with Gasteiger partial charge in [0.15, 0.2) is 0 Å². The van der Waals surface area contributed by atoms with Crippen LogP contribution in [0.15, 0.2) is 0 Å². The second-order valence-electron chi connectivity index (χ2n) is 11.3. The quantitative estimate of drug-likeness (QED) is 0.634. The Morgan fingerprint density at radius 1 is 1.00 bits per heavy atom. The highest BCUT2D eigenvalue weighted by Gasteiger charge is 2.58. The maximum Gasteiger partial charge on any atom is 0.146 e. The molecule has 1 N–H and O–H groups in total. The highest BCUT2D eigenvalue weighted by molar-refractivity contribution is 7.99. The molecular formula is C26H38O2S. The lowest BCUT2D eigenvalue weighted by Crippen LogP contribution is -2.51. The minimum atomic E-state index is -0.706. The number of aliphatic hydroxyl groups is 1. The van der Waals surface area contributed by atoms with Crippen molar-refractivity contribution in [2.75, 3.05) is 12.0 Å². The summed E-state index contributed by atoms with van der Waals surface area (Å²) in [6.45, 7) is 2.46. The van der Waals surface area contributed by atoms with E-state index in [1.165, 1.54) is 51.4 Å². The van der Waals surface area contributed by atoms with Crippen molar-refractivity contribution in [3.8, 4) is 11.8 Å².